The van der Waals surface area contributed by atoms with Crippen LogP contribution in [0.3, 0.4) is 0 Å². The molecule has 0 saturated heterocycles. The molecule has 2 N–H and O–H groups in total. The molecule has 2 aromatic rings. The van der Waals surface area contributed by atoms with E-state index in [0.717, 1.165) is 24.4 Å². The van der Waals surface area contributed by atoms with Crippen LogP contribution in [0.4, 0.5) is 17.6 Å². The number of hydrogen-bond acceptors (Lipinski definition) is 3. The Morgan fingerprint density at radius 2 is 1.96 bits per heavy atom. The van der Waals surface area contributed by atoms with E-state index in [1.807, 2.05) is 5.43 Å². The predicted octanol–water partition coefficient (Wildman–Crippen LogP) is 3.97. The number of hydrogen-bond donors (Lipinski definition) is 2. The summed E-state index contributed by atoms with van der Waals surface area (Å²) in [6, 6.07) is 6.36. The molecule has 126 valence electrons. The minimum absolute atomic E-state index is 0.0292. The molecule has 1 amide bonds. The van der Waals surface area contributed by atoms with Gasteiger partial charge in [0.25, 0.3) is 5.91 Å². The van der Waals surface area contributed by atoms with Gasteiger partial charge in [-0.25, -0.2) is 9.82 Å². The van der Waals surface area contributed by atoms with Gasteiger partial charge in [0.1, 0.15) is 11.6 Å². The summed E-state index contributed by atoms with van der Waals surface area (Å²) in [7, 11) is 0. The summed E-state index contributed by atoms with van der Waals surface area (Å²) < 4.78 is 51.2. The molecule has 0 bridgehead atoms. The van der Waals surface area contributed by atoms with Crippen LogP contribution in [0.5, 0.6) is 5.75 Å². The van der Waals surface area contributed by atoms with Crippen LogP contribution >= 0.6 is 11.6 Å². The third kappa shape index (κ3) is 4.23. The number of rotatable bonds is 3. The summed E-state index contributed by atoms with van der Waals surface area (Å²) in [5.41, 5.74) is 0.314. The average molecular weight is 361 g/mol. The number of aromatic hydroxyl groups is 1. The fourth-order valence-corrected chi connectivity index (χ4v) is 2.02. The highest BCUT2D eigenvalue weighted by atomic mass is 35.5. The van der Waals surface area contributed by atoms with Crippen molar-refractivity contribution in [2.24, 2.45) is 5.10 Å². The summed E-state index contributed by atoms with van der Waals surface area (Å²) >= 11 is 5.58. The minimum atomic E-state index is -4.80. The first-order chi connectivity index (χ1) is 11.2. The number of hydrazone groups is 1. The molecule has 0 radical (unpaired) electrons. The molecule has 0 aliphatic rings. The van der Waals surface area contributed by atoms with Gasteiger partial charge < -0.3 is 5.11 Å². The Kier molecular flexibility index (Phi) is 5.08. The zero-order valence-electron chi connectivity index (χ0n) is 11.7. The molecule has 0 heterocycles. The second-order valence-corrected chi connectivity index (χ2v) is 5.03. The van der Waals surface area contributed by atoms with Crippen LogP contribution in [0, 0.1) is 5.82 Å². The van der Waals surface area contributed by atoms with E-state index in [2.05, 4.69) is 5.10 Å². The molecule has 4 nitrogen and oxygen atoms in total. The number of phenols is 1. The quantitative estimate of drug-likeness (QED) is 0.494. The van der Waals surface area contributed by atoms with Crippen LogP contribution in [0.25, 0.3) is 0 Å². The van der Waals surface area contributed by atoms with Crippen LogP contribution in [0.15, 0.2) is 41.5 Å². The van der Waals surface area contributed by atoms with Crippen LogP contribution in [0.2, 0.25) is 5.02 Å². The van der Waals surface area contributed by atoms with Crippen molar-refractivity contribution in [1.29, 1.82) is 0 Å². The van der Waals surface area contributed by atoms with E-state index in [4.69, 9.17) is 11.6 Å². The Balaban J connectivity index is 2.21. The Labute approximate surface area is 138 Å². The fourth-order valence-electron chi connectivity index (χ4n) is 1.79. The highest BCUT2D eigenvalue weighted by Gasteiger charge is 2.35. The molecule has 0 spiro atoms. The summed E-state index contributed by atoms with van der Waals surface area (Å²) in [5, 5.41) is 12.8. The van der Waals surface area contributed by atoms with Gasteiger partial charge in [-0.1, -0.05) is 17.7 Å². The summed E-state index contributed by atoms with van der Waals surface area (Å²) in [6.45, 7) is 0. The van der Waals surface area contributed by atoms with E-state index in [1.54, 1.807) is 0 Å². The topological polar surface area (TPSA) is 61.7 Å². The zero-order chi connectivity index (χ0) is 17.9. The summed E-state index contributed by atoms with van der Waals surface area (Å²) in [6.07, 6.45) is -4.00. The van der Waals surface area contributed by atoms with Gasteiger partial charge in [0.2, 0.25) is 0 Å². The summed E-state index contributed by atoms with van der Waals surface area (Å²) in [4.78, 5) is 11.7. The van der Waals surface area contributed by atoms with Crippen molar-refractivity contribution in [2.75, 3.05) is 0 Å². The average Bonchev–Trinajstić information content (AvgIpc) is 2.49. The number of nitrogens with one attached hydrogen (secondary N) is 1. The predicted molar refractivity (Wildman–Crippen MR) is 79.6 cm³/mol. The lowest BCUT2D eigenvalue weighted by atomic mass is 10.1. The maximum atomic E-state index is 13.0. The molecule has 9 heteroatoms. The van der Waals surface area contributed by atoms with E-state index in [0.29, 0.717) is 6.07 Å². The van der Waals surface area contributed by atoms with Gasteiger partial charge in [0, 0.05) is 16.1 Å². The fraction of sp³-hybridized carbons (Fsp3) is 0.0667. The number of carbonyl (C=O) groups is 1. The van der Waals surface area contributed by atoms with Gasteiger partial charge in [-0.3, -0.25) is 4.79 Å². The van der Waals surface area contributed by atoms with Gasteiger partial charge in [0.05, 0.1) is 11.8 Å². The molecule has 0 aliphatic carbocycles. The van der Waals surface area contributed by atoms with Crippen molar-refractivity contribution in [1.82, 2.24) is 5.43 Å². The molecule has 24 heavy (non-hydrogen) atoms. The van der Waals surface area contributed by atoms with Crippen LogP contribution < -0.4 is 5.43 Å². The summed E-state index contributed by atoms with van der Waals surface area (Å²) in [5.74, 6) is -2.48. The van der Waals surface area contributed by atoms with E-state index < -0.39 is 29.2 Å². The first kappa shape index (κ1) is 17.7. The lowest BCUT2D eigenvalue weighted by Crippen LogP contribution is -2.17. The third-order valence-corrected chi connectivity index (χ3v) is 3.08. The molecule has 0 aliphatic heterocycles. The van der Waals surface area contributed by atoms with Crippen molar-refractivity contribution >= 4 is 23.7 Å². The van der Waals surface area contributed by atoms with E-state index in [9.17, 15) is 27.5 Å². The van der Waals surface area contributed by atoms with Gasteiger partial charge in [-0.2, -0.15) is 18.3 Å². The molecule has 0 atom stereocenters. The zero-order valence-corrected chi connectivity index (χ0v) is 12.5. The van der Waals surface area contributed by atoms with Gasteiger partial charge in [-0.15, -0.1) is 0 Å². The Morgan fingerprint density at radius 3 is 2.58 bits per heavy atom. The van der Waals surface area contributed by atoms with Crippen LogP contribution in [-0.4, -0.2) is 17.2 Å². The van der Waals surface area contributed by atoms with Crippen molar-refractivity contribution in [3.63, 3.8) is 0 Å². The second kappa shape index (κ2) is 6.88. The molecule has 0 aromatic heterocycles. The van der Waals surface area contributed by atoms with Crippen LogP contribution in [-0.2, 0) is 6.18 Å². The molecule has 2 aromatic carbocycles. The third-order valence-electron chi connectivity index (χ3n) is 2.87. The van der Waals surface area contributed by atoms with Crippen molar-refractivity contribution < 1.29 is 27.5 Å². The second-order valence-electron chi connectivity index (χ2n) is 4.60. The van der Waals surface area contributed by atoms with Gasteiger partial charge >= 0.3 is 6.18 Å². The number of benzene rings is 2. The number of carbonyl (C=O) groups excluding carboxylic acids is 1. The maximum absolute atomic E-state index is 13.0. The normalized spacial score (nSPS) is 11.7. The maximum Gasteiger partial charge on any atom is 0.420 e. The Morgan fingerprint density at radius 1 is 1.25 bits per heavy atom. The number of halogens is 5. The highest BCUT2D eigenvalue weighted by molar-refractivity contribution is 6.31. The molecule has 2 rings (SSSR count). The number of alkyl halides is 3. The highest BCUT2D eigenvalue weighted by Crippen LogP contribution is 2.38. The molecule has 0 saturated carbocycles. The molecule has 0 unspecified atom stereocenters. The van der Waals surface area contributed by atoms with Crippen molar-refractivity contribution in [3.05, 3.63) is 63.9 Å². The number of nitrogens with zero attached hydrogens (tertiary/aromatic N) is 1. The first-order valence-corrected chi connectivity index (χ1v) is 6.75. The molecular formula is C15H9ClF4N2O2. The van der Waals surface area contributed by atoms with Gasteiger partial charge in [0.15, 0.2) is 0 Å². The number of amides is 1. The monoisotopic (exact) mass is 360 g/mol. The lowest BCUT2D eigenvalue weighted by Gasteiger charge is -2.11. The first-order valence-electron chi connectivity index (χ1n) is 6.37. The molecule has 0 fully saturated rings. The standard InChI is InChI=1S/C15H9ClF4N2O2/c16-10-4-9(13(23)12(6-10)15(18,19)20)7-21-22-14(24)8-2-1-3-11(17)5-8/h1-7,23H,(H,22,24)/b21-7+. The van der Waals surface area contributed by atoms with E-state index >= 15 is 0 Å². The van der Waals surface area contributed by atoms with Gasteiger partial charge in [-0.05, 0) is 30.3 Å². The van der Waals surface area contributed by atoms with E-state index in [1.165, 1.54) is 12.1 Å². The van der Waals surface area contributed by atoms with Crippen LogP contribution in [0.1, 0.15) is 21.5 Å². The Hall–Kier alpha value is -2.61. The smallest absolute Gasteiger partial charge is 0.420 e. The number of phenolic OH excluding ortho intramolecular Hbond substituents is 1. The SMILES string of the molecule is O=C(N/N=C/c1cc(Cl)cc(C(F)(F)F)c1O)c1cccc(F)c1. The van der Waals surface area contributed by atoms with Crippen molar-refractivity contribution in [2.45, 2.75) is 6.18 Å². The molecular weight excluding hydrogens is 352 g/mol. The van der Waals surface area contributed by atoms with Crippen molar-refractivity contribution in [3.8, 4) is 5.75 Å². The van der Waals surface area contributed by atoms with E-state index in [-0.39, 0.29) is 16.1 Å². The minimum Gasteiger partial charge on any atom is -0.507 e. The Bertz CT molecular complexity index is 807. The lowest BCUT2D eigenvalue weighted by molar-refractivity contribution is -0.138. The largest absolute Gasteiger partial charge is 0.507 e.